The number of amides is 1. The molecule has 1 saturated heterocycles. The molecule has 1 aliphatic heterocycles. The van der Waals surface area contributed by atoms with Gasteiger partial charge in [-0.05, 0) is 80.3 Å². The van der Waals surface area contributed by atoms with Crippen molar-refractivity contribution in [1.29, 1.82) is 0 Å². The molecule has 2 aromatic rings. The number of halogens is 2. The first-order chi connectivity index (χ1) is 17.6. The number of hydrogen-bond acceptors (Lipinski definition) is 3. The van der Waals surface area contributed by atoms with Gasteiger partial charge in [0.25, 0.3) is 0 Å². The Bertz CT molecular complexity index is 1230. The van der Waals surface area contributed by atoms with E-state index < -0.39 is 15.4 Å². The predicted octanol–water partition coefficient (Wildman–Crippen LogP) is 6.74. The molecule has 8 heteroatoms. The molecule has 4 rings (SSSR count). The third kappa shape index (κ3) is 6.08. The summed E-state index contributed by atoms with van der Waals surface area (Å²) in [6.07, 6.45) is 5.65. The molecule has 0 radical (unpaired) electrons. The van der Waals surface area contributed by atoms with E-state index in [0.717, 1.165) is 24.0 Å². The van der Waals surface area contributed by atoms with Crippen LogP contribution in [-0.4, -0.2) is 37.6 Å². The second-order valence-corrected chi connectivity index (χ2v) is 13.3. The number of carbonyl (C=O) groups is 1. The monoisotopic (exact) mass is 562 g/mol. The number of nitrogens with one attached hydrogen (secondary N) is 1. The van der Waals surface area contributed by atoms with E-state index in [4.69, 9.17) is 23.2 Å². The van der Waals surface area contributed by atoms with Crippen molar-refractivity contribution in [2.75, 3.05) is 12.3 Å². The lowest BCUT2D eigenvalue weighted by molar-refractivity contribution is -0.156. The van der Waals surface area contributed by atoms with E-state index in [-0.39, 0.29) is 42.1 Å². The SMILES string of the molecule is C=CCC1(CC)CC(c2cccc(Cl)c2)C(c2ccc(Cl)cc2)N(C(CNS(=O)(=O)CC)C2CC2)C1=O. The topological polar surface area (TPSA) is 66.5 Å². The molecule has 0 bridgehead atoms. The molecule has 0 aromatic heterocycles. The number of carbonyl (C=O) groups excluding carboxylic acids is 1. The van der Waals surface area contributed by atoms with Gasteiger partial charge < -0.3 is 4.90 Å². The third-order valence-electron chi connectivity index (χ3n) is 8.10. The van der Waals surface area contributed by atoms with Crippen LogP contribution >= 0.6 is 23.2 Å². The molecule has 1 aliphatic carbocycles. The van der Waals surface area contributed by atoms with Crippen molar-refractivity contribution in [1.82, 2.24) is 9.62 Å². The zero-order valence-corrected chi connectivity index (χ0v) is 23.8. The number of likely N-dealkylation sites (tertiary alicyclic amines) is 1. The first-order valence-corrected chi connectivity index (χ1v) is 15.5. The van der Waals surface area contributed by atoms with E-state index in [1.54, 1.807) is 6.92 Å². The van der Waals surface area contributed by atoms with Crippen molar-refractivity contribution >= 4 is 39.1 Å². The van der Waals surface area contributed by atoms with Crippen LogP contribution in [0.3, 0.4) is 0 Å². The number of benzene rings is 2. The molecule has 200 valence electrons. The summed E-state index contributed by atoms with van der Waals surface area (Å²) >= 11 is 12.7. The Balaban J connectivity index is 1.90. The van der Waals surface area contributed by atoms with Gasteiger partial charge in [0.05, 0.1) is 17.2 Å². The summed E-state index contributed by atoms with van der Waals surface area (Å²) in [6, 6.07) is 15.0. The number of hydrogen-bond donors (Lipinski definition) is 1. The standard InChI is InChI=1S/C29H36Cl2N2O3S/c1-4-16-29(5-2)18-25(22-8-7-9-24(31)17-22)27(21-12-14-23(30)15-13-21)33(28(29)34)26(20-10-11-20)19-32-37(35,36)6-3/h4,7-9,12-15,17,20,25-27,32H,1,5-6,10-11,16,18-19H2,2-3H3. The van der Waals surface area contributed by atoms with Gasteiger partial charge in [0.1, 0.15) is 0 Å². The van der Waals surface area contributed by atoms with E-state index in [2.05, 4.69) is 24.3 Å². The van der Waals surface area contributed by atoms with Crippen molar-refractivity contribution in [3.05, 3.63) is 82.4 Å². The molecular formula is C29H36Cl2N2O3S. The molecule has 2 fully saturated rings. The summed E-state index contributed by atoms with van der Waals surface area (Å²) in [5.41, 5.74) is 1.42. The molecule has 0 spiro atoms. The van der Waals surface area contributed by atoms with E-state index in [0.29, 0.717) is 29.3 Å². The average Bonchev–Trinajstić information content (AvgIpc) is 3.72. The Morgan fingerprint density at radius 2 is 1.81 bits per heavy atom. The van der Waals surface area contributed by atoms with Crippen LogP contribution in [0.5, 0.6) is 0 Å². The summed E-state index contributed by atoms with van der Waals surface area (Å²) in [5.74, 6) is 0.274. The lowest BCUT2D eigenvalue weighted by Crippen LogP contribution is -2.59. The van der Waals surface area contributed by atoms with Gasteiger partial charge in [-0.2, -0.15) is 0 Å². The Hall–Kier alpha value is -1.86. The zero-order valence-electron chi connectivity index (χ0n) is 21.5. The van der Waals surface area contributed by atoms with Crippen molar-refractivity contribution in [3.63, 3.8) is 0 Å². The number of sulfonamides is 1. The number of nitrogens with zero attached hydrogens (tertiary/aromatic N) is 1. The lowest BCUT2D eigenvalue weighted by atomic mass is 9.65. The lowest BCUT2D eigenvalue weighted by Gasteiger charge is -2.53. The van der Waals surface area contributed by atoms with Gasteiger partial charge in [0.15, 0.2) is 0 Å². The minimum Gasteiger partial charge on any atom is -0.330 e. The highest BCUT2D eigenvalue weighted by Gasteiger charge is 2.54. The van der Waals surface area contributed by atoms with E-state index >= 15 is 0 Å². The highest BCUT2D eigenvalue weighted by Crippen LogP contribution is 2.55. The van der Waals surface area contributed by atoms with Crippen LogP contribution in [0, 0.1) is 11.3 Å². The molecule has 4 unspecified atom stereocenters. The van der Waals surface area contributed by atoms with Gasteiger partial charge in [0.2, 0.25) is 15.9 Å². The summed E-state index contributed by atoms with van der Waals surface area (Å²) in [4.78, 5) is 16.6. The quantitative estimate of drug-likeness (QED) is 0.308. The van der Waals surface area contributed by atoms with E-state index in [1.807, 2.05) is 53.4 Å². The van der Waals surface area contributed by atoms with Crippen molar-refractivity contribution < 1.29 is 13.2 Å². The second-order valence-electron chi connectivity index (χ2n) is 10.4. The number of piperidine rings is 1. The average molecular weight is 564 g/mol. The van der Waals surface area contributed by atoms with Gasteiger partial charge in [-0.25, -0.2) is 13.1 Å². The van der Waals surface area contributed by atoms with Crippen molar-refractivity contribution in [3.8, 4) is 0 Å². The van der Waals surface area contributed by atoms with Gasteiger partial charge in [-0.3, -0.25) is 4.79 Å². The maximum Gasteiger partial charge on any atom is 0.229 e. The molecule has 1 saturated carbocycles. The maximum atomic E-state index is 14.6. The normalized spacial score (nSPS) is 25.2. The van der Waals surface area contributed by atoms with Crippen molar-refractivity contribution in [2.24, 2.45) is 11.3 Å². The minimum absolute atomic E-state index is 0.000549. The Labute approximate surface area is 231 Å². The fraction of sp³-hybridized carbons (Fsp3) is 0.483. The summed E-state index contributed by atoms with van der Waals surface area (Å²) < 4.78 is 27.7. The van der Waals surface area contributed by atoms with Crippen LogP contribution in [0.2, 0.25) is 10.0 Å². The van der Waals surface area contributed by atoms with Gasteiger partial charge >= 0.3 is 0 Å². The molecule has 1 N–H and O–H groups in total. The highest BCUT2D eigenvalue weighted by molar-refractivity contribution is 7.89. The first kappa shape index (κ1) is 28.2. The van der Waals surface area contributed by atoms with Crippen LogP contribution in [0.1, 0.15) is 69.0 Å². The molecule has 1 heterocycles. The molecule has 1 amide bonds. The van der Waals surface area contributed by atoms with Crippen molar-refractivity contribution in [2.45, 2.75) is 64.0 Å². The summed E-state index contributed by atoms with van der Waals surface area (Å²) in [6.45, 7) is 7.86. The highest BCUT2D eigenvalue weighted by atomic mass is 35.5. The Morgan fingerprint density at radius 3 is 2.38 bits per heavy atom. The molecule has 5 nitrogen and oxygen atoms in total. The second kappa shape index (κ2) is 11.5. The van der Waals surface area contributed by atoms with E-state index in [9.17, 15) is 13.2 Å². The molecule has 4 atom stereocenters. The smallest absolute Gasteiger partial charge is 0.229 e. The molecule has 2 aromatic carbocycles. The summed E-state index contributed by atoms with van der Waals surface area (Å²) in [7, 11) is -3.42. The summed E-state index contributed by atoms with van der Waals surface area (Å²) in [5, 5.41) is 1.27. The van der Waals surface area contributed by atoms with Gasteiger partial charge in [0, 0.05) is 28.5 Å². The Kier molecular flexibility index (Phi) is 8.74. The zero-order chi connectivity index (χ0) is 26.8. The van der Waals surface area contributed by atoms with Crippen LogP contribution < -0.4 is 4.72 Å². The van der Waals surface area contributed by atoms with Gasteiger partial charge in [-0.15, -0.1) is 6.58 Å². The maximum absolute atomic E-state index is 14.6. The first-order valence-electron chi connectivity index (χ1n) is 13.1. The van der Waals surface area contributed by atoms with Crippen LogP contribution in [0.15, 0.2) is 61.2 Å². The third-order valence-corrected chi connectivity index (χ3v) is 9.95. The van der Waals surface area contributed by atoms with E-state index in [1.165, 1.54) is 0 Å². The molecule has 37 heavy (non-hydrogen) atoms. The number of allylic oxidation sites excluding steroid dienone is 1. The van der Waals surface area contributed by atoms with Gasteiger partial charge in [-0.1, -0.05) is 60.5 Å². The molecular weight excluding hydrogens is 527 g/mol. The van der Waals surface area contributed by atoms with Crippen LogP contribution in [-0.2, 0) is 14.8 Å². The van der Waals surface area contributed by atoms with Crippen LogP contribution in [0.4, 0.5) is 0 Å². The van der Waals surface area contributed by atoms with Crippen LogP contribution in [0.25, 0.3) is 0 Å². The minimum atomic E-state index is -3.42. The fourth-order valence-electron chi connectivity index (χ4n) is 5.84. The predicted molar refractivity (Wildman–Crippen MR) is 151 cm³/mol. The Morgan fingerprint density at radius 1 is 1.11 bits per heavy atom. The molecule has 2 aliphatic rings. The largest absolute Gasteiger partial charge is 0.330 e. The number of rotatable bonds is 11. The fourth-order valence-corrected chi connectivity index (χ4v) is 6.79.